The smallest absolute Gasteiger partial charge is 0.214 e. The fraction of sp³-hybridized carbons (Fsp3) is 0.545. The highest BCUT2D eigenvalue weighted by Crippen LogP contribution is 2.12. The monoisotopic (exact) mass is 225 g/mol. The molecule has 0 aliphatic carbocycles. The number of anilines is 1. The van der Waals surface area contributed by atoms with Crippen LogP contribution in [0.3, 0.4) is 0 Å². The van der Waals surface area contributed by atoms with Gasteiger partial charge >= 0.3 is 0 Å². The molecule has 90 valence electrons. The molecule has 1 aromatic heterocycles. The summed E-state index contributed by atoms with van der Waals surface area (Å²) in [6, 6.07) is 3.73. The van der Waals surface area contributed by atoms with Crippen molar-refractivity contribution in [2.45, 2.75) is 13.0 Å². The fourth-order valence-corrected chi connectivity index (χ4v) is 1.24. The summed E-state index contributed by atoms with van der Waals surface area (Å²) in [5.41, 5.74) is 0.977. The van der Waals surface area contributed by atoms with Gasteiger partial charge in [-0.15, -0.1) is 0 Å². The summed E-state index contributed by atoms with van der Waals surface area (Å²) in [6.07, 6.45) is 1.39. The van der Waals surface area contributed by atoms with Gasteiger partial charge in [-0.1, -0.05) is 0 Å². The molecule has 1 heterocycles. The molecular weight excluding hydrogens is 206 g/mol. The Morgan fingerprint density at radius 3 is 3.00 bits per heavy atom. The minimum absolute atomic E-state index is 0.305. The van der Waals surface area contributed by atoms with E-state index in [0.29, 0.717) is 12.4 Å². The number of nitrogens with one attached hydrogen (secondary N) is 2. The zero-order valence-corrected chi connectivity index (χ0v) is 9.73. The third-order valence-electron chi connectivity index (χ3n) is 2.01. The molecule has 0 radical (unpaired) electrons. The lowest BCUT2D eigenvalue weighted by Gasteiger charge is -2.09. The maximum absolute atomic E-state index is 9.03. The summed E-state index contributed by atoms with van der Waals surface area (Å²) < 4.78 is 5.01. The average molecular weight is 225 g/mol. The summed E-state index contributed by atoms with van der Waals surface area (Å²) in [4.78, 5) is 4.01. The highest BCUT2D eigenvalue weighted by molar-refractivity contribution is 5.44. The minimum Gasteiger partial charge on any atom is -0.481 e. The molecule has 0 aliphatic rings. The molecular formula is C11H19N3O2. The summed E-state index contributed by atoms with van der Waals surface area (Å²) in [5.74, 6) is 0.599. The van der Waals surface area contributed by atoms with E-state index in [1.54, 1.807) is 20.2 Å². The number of methoxy groups -OCH3 is 1. The third kappa shape index (κ3) is 4.95. The van der Waals surface area contributed by atoms with Gasteiger partial charge in [-0.2, -0.15) is 0 Å². The molecule has 1 rings (SSSR count). The van der Waals surface area contributed by atoms with Crippen molar-refractivity contribution in [3.8, 4) is 5.88 Å². The van der Waals surface area contributed by atoms with Crippen LogP contribution in [0.1, 0.15) is 6.92 Å². The summed E-state index contributed by atoms with van der Waals surface area (Å²) in [7, 11) is 1.59. The molecule has 0 aromatic carbocycles. The standard InChI is InChI=1S/C11H19N3O2/c1-9(15)8-12-5-6-13-10-3-4-14-11(7-10)16-2/h3-4,7,9,12,15H,5-6,8H2,1-2H3,(H,13,14). The van der Waals surface area contributed by atoms with Crippen molar-refractivity contribution < 1.29 is 9.84 Å². The largest absolute Gasteiger partial charge is 0.481 e. The van der Waals surface area contributed by atoms with E-state index in [4.69, 9.17) is 9.84 Å². The van der Waals surface area contributed by atoms with Gasteiger partial charge in [0.1, 0.15) is 0 Å². The van der Waals surface area contributed by atoms with Crippen molar-refractivity contribution in [3.63, 3.8) is 0 Å². The topological polar surface area (TPSA) is 66.4 Å². The van der Waals surface area contributed by atoms with Crippen molar-refractivity contribution in [2.75, 3.05) is 32.1 Å². The van der Waals surface area contributed by atoms with Crippen LogP contribution < -0.4 is 15.4 Å². The Kier molecular flexibility index (Phi) is 5.60. The van der Waals surface area contributed by atoms with Crippen molar-refractivity contribution >= 4 is 5.69 Å². The molecule has 1 aromatic rings. The zero-order chi connectivity index (χ0) is 11.8. The molecule has 0 fully saturated rings. The van der Waals surface area contributed by atoms with Crippen LogP contribution in [-0.2, 0) is 0 Å². The molecule has 0 spiro atoms. The summed E-state index contributed by atoms with van der Waals surface area (Å²) >= 11 is 0. The van der Waals surface area contributed by atoms with Gasteiger partial charge in [0.25, 0.3) is 0 Å². The van der Waals surface area contributed by atoms with E-state index >= 15 is 0 Å². The lowest BCUT2D eigenvalue weighted by molar-refractivity contribution is 0.192. The normalized spacial score (nSPS) is 12.2. The number of hydrogen-bond acceptors (Lipinski definition) is 5. The second-order valence-corrected chi connectivity index (χ2v) is 3.57. The van der Waals surface area contributed by atoms with Crippen LogP contribution in [0.5, 0.6) is 5.88 Å². The first-order valence-corrected chi connectivity index (χ1v) is 5.35. The van der Waals surface area contributed by atoms with E-state index in [1.807, 2.05) is 12.1 Å². The molecule has 16 heavy (non-hydrogen) atoms. The van der Waals surface area contributed by atoms with Crippen LogP contribution in [0.4, 0.5) is 5.69 Å². The Hall–Kier alpha value is -1.33. The van der Waals surface area contributed by atoms with E-state index in [0.717, 1.165) is 18.8 Å². The molecule has 3 N–H and O–H groups in total. The maximum Gasteiger partial charge on any atom is 0.214 e. The van der Waals surface area contributed by atoms with E-state index in [1.165, 1.54) is 0 Å². The summed E-state index contributed by atoms with van der Waals surface area (Å²) in [5, 5.41) is 15.4. The predicted molar refractivity (Wildman–Crippen MR) is 63.8 cm³/mol. The number of rotatable bonds is 7. The quantitative estimate of drug-likeness (QED) is 0.589. The Labute approximate surface area is 95.8 Å². The van der Waals surface area contributed by atoms with Crippen LogP contribution in [0, 0.1) is 0 Å². The van der Waals surface area contributed by atoms with E-state index in [2.05, 4.69) is 15.6 Å². The van der Waals surface area contributed by atoms with Crippen molar-refractivity contribution in [3.05, 3.63) is 18.3 Å². The first kappa shape index (κ1) is 12.7. The van der Waals surface area contributed by atoms with Crippen molar-refractivity contribution in [1.29, 1.82) is 0 Å². The molecule has 0 saturated heterocycles. The van der Waals surface area contributed by atoms with Crippen LogP contribution in [0.15, 0.2) is 18.3 Å². The number of ether oxygens (including phenoxy) is 1. The lowest BCUT2D eigenvalue weighted by atomic mass is 10.4. The first-order valence-electron chi connectivity index (χ1n) is 5.35. The second kappa shape index (κ2) is 7.03. The van der Waals surface area contributed by atoms with E-state index in [-0.39, 0.29) is 6.10 Å². The number of hydrogen-bond donors (Lipinski definition) is 3. The van der Waals surface area contributed by atoms with Gasteiger partial charge in [0.05, 0.1) is 13.2 Å². The fourth-order valence-electron chi connectivity index (χ4n) is 1.24. The number of aliphatic hydroxyl groups is 1. The van der Waals surface area contributed by atoms with E-state index in [9.17, 15) is 0 Å². The highest BCUT2D eigenvalue weighted by atomic mass is 16.5. The van der Waals surface area contributed by atoms with Crippen LogP contribution >= 0.6 is 0 Å². The molecule has 5 heteroatoms. The van der Waals surface area contributed by atoms with Gasteiger partial charge in [-0.05, 0) is 13.0 Å². The molecule has 0 saturated carbocycles. The van der Waals surface area contributed by atoms with Gasteiger partial charge in [0.2, 0.25) is 5.88 Å². The Morgan fingerprint density at radius 1 is 1.50 bits per heavy atom. The van der Waals surface area contributed by atoms with Crippen LogP contribution in [0.25, 0.3) is 0 Å². The van der Waals surface area contributed by atoms with Gasteiger partial charge in [0.15, 0.2) is 0 Å². The zero-order valence-electron chi connectivity index (χ0n) is 9.73. The number of pyridine rings is 1. The van der Waals surface area contributed by atoms with Gasteiger partial charge in [-0.25, -0.2) is 4.98 Å². The molecule has 1 atom stereocenters. The highest BCUT2D eigenvalue weighted by Gasteiger charge is 1.96. The Balaban J connectivity index is 2.21. The molecule has 0 amide bonds. The Morgan fingerprint density at radius 2 is 2.31 bits per heavy atom. The number of aromatic nitrogens is 1. The predicted octanol–water partition coefficient (Wildman–Crippen LogP) is 0.472. The lowest BCUT2D eigenvalue weighted by Crippen LogP contribution is -2.28. The SMILES string of the molecule is COc1cc(NCCNCC(C)O)ccn1. The van der Waals surface area contributed by atoms with Crippen molar-refractivity contribution in [2.24, 2.45) is 0 Å². The van der Waals surface area contributed by atoms with Crippen LogP contribution in [-0.4, -0.2) is 42.9 Å². The molecule has 0 aliphatic heterocycles. The van der Waals surface area contributed by atoms with E-state index < -0.39 is 0 Å². The molecule has 1 unspecified atom stereocenters. The molecule has 5 nitrogen and oxygen atoms in total. The van der Waals surface area contributed by atoms with Gasteiger partial charge in [-0.3, -0.25) is 0 Å². The first-order chi connectivity index (χ1) is 7.72. The number of nitrogens with zero attached hydrogens (tertiary/aromatic N) is 1. The third-order valence-corrected chi connectivity index (χ3v) is 2.01. The maximum atomic E-state index is 9.03. The molecule has 0 bridgehead atoms. The second-order valence-electron chi connectivity index (χ2n) is 3.57. The summed E-state index contributed by atoms with van der Waals surface area (Å²) in [6.45, 7) is 3.96. The number of aliphatic hydroxyl groups excluding tert-OH is 1. The van der Waals surface area contributed by atoms with Crippen molar-refractivity contribution in [1.82, 2.24) is 10.3 Å². The van der Waals surface area contributed by atoms with Crippen LogP contribution in [0.2, 0.25) is 0 Å². The van der Waals surface area contributed by atoms with Gasteiger partial charge < -0.3 is 20.5 Å². The van der Waals surface area contributed by atoms with Gasteiger partial charge in [0, 0.05) is 37.6 Å². The minimum atomic E-state index is -0.305. The average Bonchev–Trinajstić information content (AvgIpc) is 2.28. The Bertz CT molecular complexity index is 305.